The van der Waals surface area contributed by atoms with E-state index in [1.165, 1.54) is 12.3 Å². The minimum absolute atomic E-state index is 0.0223. The Kier molecular flexibility index (Phi) is 3.78. The van der Waals surface area contributed by atoms with Gasteiger partial charge in [-0.05, 0) is 6.07 Å². The van der Waals surface area contributed by atoms with Gasteiger partial charge in [-0.2, -0.15) is 4.98 Å². The van der Waals surface area contributed by atoms with Crippen LogP contribution in [0, 0.1) is 0 Å². The average molecular weight is 288 g/mol. The zero-order chi connectivity index (χ0) is 15.0. The van der Waals surface area contributed by atoms with Gasteiger partial charge in [-0.25, -0.2) is 9.18 Å². The van der Waals surface area contributed by atoms with Crippen LogP contribution in [-0.4, -0.2) is 56.9 Å². The predicted molar refractivity (Wildman–Crippen MR) is 67.6 cm³/mol. The molecule has 0 aromatic carbocycles. The maximum absolute atomic E-state index is 14.8. The van der Waals surface area contributed by atoms with Crippen LogP contribution in [0.5, 0.6) is 0 Å². The Hall–Kier alpha value is -1.55. The monoisotopic (exact) mass is 288 g/mol. The molecule has 112 valence electrons. The van der Waals surface area contributed by atoms with Crippen LogP contribution >= 0.6 is 0 Å². The summed E-state index contributed by atoms with van der Waals surface area (Å²) < 4.78 is 20.9. The van der Waals surface area contributed by atoms with Crippen LogP contribution in [0.4, 0.5) is 10.2 Å². The Balaban J connectivity index is 2.27. The highest BCUT2D eigenvalue weighted by Gasteiger charge is 2.58. The zero-order valence-corrected chi connectivity index (χ0v) is 10.7. The third-order valence-electron chi connectivity index (χ3n) is 3.53. The van der Waals surface area contributed by atoms with Crippen LogP contribution in [0.15, 0.2) is 17.1 Å². The van der Waals surface area contributed by atoms with Crippen molar-refractivity contribution in [3.63, 3.8) is 0 Å². The Morgan fingerprint density at radius 3 is 2.85 bits per heavy atom. The number of alkyl halides is 1. The van der Waals surface area contributed by atoms with E-state index in [1.807, 2.05) is 0 Å². The van der Waals surface area contributed by atoms with Crippen LogP contribution in [0.25, 0.3) is 0 Å². The standard InChI is InChI=1S/C11H17FN4O4/c12-10(4-16-2-1-7(14)15-9(16)19)6-20-11(3-13,5-17)8(10)18/h1-2,8,17-18H,3-6,13H2,(H2,14,15,19)/t8-,10+,11+/m0/s1. The largest absolute Gasteiger partial charge is 0.393 e. The molecule has 2 heterocycles. The Labute approximate surface area is 113 Å². The summed E-state index contributed by atoms with van der Waals surface area (Å²) >= 11 is 0. The lowest BCUT2D eigenvalue weighted by Gasteiger charge is -2.31. The smallest absolute Gasteiger partial charge is 0.349 e. The number of nitrogen functional groups attached to an aromatic ring is 1. The van der Waals surface area contributed by atoms with Gasteiger partial charge in [-0.1, -0.05) is 0 Å². The molecule has 0 radical (unpaired) electrons. The van der Waals surface area contributed by atoms with E-state index >= 15 is 0 Å². The first-order valence-corrected chi connectivity index (χ1v) is 6.02. The summed E-state index contributed by atoms with van der Waals surface area (Å²) in [6.45, 7) is -1.82. The molecular formula is C11H17FN4O4. The number of aliphatic hydroxyl groups is 2. The minimum Gasteiger partial charge on any atom is -0.393 e. The lowest BCUT2D eigenvalue weighted by Crippen LogP contribution is -2.56. The van der Waals surface area contributed by atoms with Crippen LogP contribution in [-0.2, 0) is 11.3 Å². The van der Waals surface area contributed by atoms with Gasteiger partial charge >= 0.3 is 5.69 Å². The van der Waals surface area contributed by atoms with E-state index < -0.39 is 42.8 Å². The fourth-order valence-electron chi connectivity index (χ4n) is 2.24. The van der Waals surface area contributed by atoms with Crippen molar-refractivity contribution in [2.24, 2.45) is 5.73 Å². The summed E-state index contributed by atoms with van der Waals surface area (Å²) in [6, 6.07) is 1.34. The van der Waals surface area contributed by atoms with Gasteiger partial charge in [0.1, 0.15) is 17.5 Å². The number of rotatable bonds is 4. The molecule has 0 amide bonds. The van der Waals surface area contributed by atoms with E-state index in [0.717, 1.165) is 4.57 Å². The topological polar surface area (TPSA) is 137 Å². The van der Waals surface area contributed by atoms with Crippen molar-refractivity contribution >= 4 is 5.82 Å². The Morgan fingerprint density at radius 1 is 1.65 bits per heavy atom. The van der Waals surface area contributed by atoms with Gasteiger partial charge in [0.05, 0.1) is 19.8 Å². The highest BCUT2D eigenvalue weighted by atomic mass is 19.1. The molecule has 3 atom stereocenters. The van der Waals surface area contributed by atoms with Gasteiger partial charge in [0.25, 0.3) is 0 Å². The van der Waals surface area contributed by atoms with E-state index in [1.54, 1.807) is 0 Å². The van der Waals surface area contributed by atoms with Crippen LogP contribution in [0.2, 0.25) is 0 Å². The van der Waals surface area contributed by atoms with E-state index in [2.05, 4.69) is 4.98 Å². The summed E-state index contributed by atoms with van der Waals surface area (Å²) in [4.78, 5) is 15.1. The number of nitrogens with zero attached hydrogens (tertiary/aromatic N) is 2. The van der Waals surface area contributed by atoms with Gasteiger partial charge in [0, 0.05) is 12.7 Å². The van der Waals surface area contributed by atoms with Gasteiger partial charge in [0.2, 0.25) is 0 Å². The third kappa shape index (κ3) is 2.29. The number of halogens is 1. The fourth-order valence-corrected chi connectivity index (χ4v) is 2.24. The van der Waals surface area contributed by atoms with Gasteiger partial charge in [-0.3, -0.25) is 4.57 Å². The molecule has 0 aliphatic carbocycles. The molecule has 20 heavy (non-hydrogen) atoms. The molecule has 0 spiro atoms. The quantitative estimate of drug-likeness (QED) is 0.485. The highest BCUT2D eigenvalue weighted by molar-refractivity contribution is 5.23. The van der Waals surface area contributed by atoms with Crippen molar-refractivity contribution in [2.45, 2.75) is 23.9 Å². The maximum atomic E-state index is 14.8. The van der Waals surface area contributed by atoms with Gasteiger partial charge < -0.3 is 26.4 Å². The number of aliphatic hydroxyl groups excluding tert-OH is 2. The van der Waals surface area contributed by atoms with E-state index in [9.17, 15) is 19.4 Å². The Morgan fingerprint density at radius 2 is 2.35 bits per heavy atom. The molecule has 1 aliphatic rings. The van der Waals surface area contributed by atoms with E-state index in [0.29, 0.717) is 0 Å². The van der Waals surface area contributed by atoms with Crippen molar-refractivity contribution < 1.29 is 19.3 Å². The fraction of sp³-hybridized carbons (Fsp3) is 0.636. The number of ether oxygens (including phenoxy) is 1. The summed E-state index contributed by atoms with van der Waals surface area (Å²) in [5, 5.41) is 19.3. The zero-order valence-electron chi connectivity index (χ0n) is 10.7. The molecule has 1 saturated heterocycles. The molecule has 8 nitrogen and oxygen atoms in total. The SMILES string of the molecule is NC[C@]1(CO)OC[C@](F)(Cn2ccc(N)nc2=O)[C@@H]1O. The molecule has 1 aliphatic heterocycles. The summed E-state index contributed by atoms with van der Waals surface area (Å²) in [6.07, 6.45) is -0.380. The summed E-state index contributed by atoms with van der Waals surface area (Å²) in [7, 11) is 0. The third-order valence-corrected chi connectivity index (χ3v) is 3.53. The molecule has 0 bridgehead atoms. The molecule has 1 fully saturated rings. The van der Waals surface area contributed by atoms with Gasteiger partial charge in [0.15, 0.2) is 5.67 Å². The van der Waals surface area contributed by atoms with Crippen molar-refractivity contribution in [3.8, 4) is 0 Å². The van der Waals surface area contributed by atoms with Crippen molar-refractivity contribution in [1.29, 1.82) is 0 Å². The first kappa shape index (κ1) is 14.9. The van der Waals surface area contributed by atoms with Crippen LogP contribution in [0.1, 0.15) is 0 Å². The average Bonchev–Trinajstić information content (AvgIpc) is 2.67. The second-order valence-electron chi connectivity index (χ2n) is 4.92. The summed E-state index contributed by atoms with van der Waals surface area (Å²) in [5.41, 5.74) is 6.23. The predicted octanol–water partition coefficient (Wildman–Crippen LogP) is -2.39. The number of hydrogen-bond acceptors (Lipinski definition) is 7. The van der Waals surface area contributed by atoms with E-state index in [4.69, 9.17) is 16.2 Å². The van der Waals surface area contributed by atoms with Crippen LogP contribution in [0.3, 0.4) is 0 Å². The molecule has 2 rings (SSSR count). The molecule has 6 N–H and O–H groups in total. The highest BCUT2D eigenvalue weighted by Crippen LogP contribution is 2.36. The van der Waals surface area contributed by atoms with E-state index in [-0.39, 0.29) is 12.4 Å². The van der Waals surface area contributed by atoms with Crippen LogP contribution < -0.4 is 17.2 Å². The number of aromatic nitrogens is 2. The molecular weight excluding hydrogens is 271 g/mol. The Bertz CT molecular complexity index is 547. The molecule has 1 aromatic rings. The number of nitrogens with two attached hydrogens (primary N) is 2. The first-order valence-electron chi connectivity index (χ1n) is 6.02. The number of hydrogen-bond donors (Lipinski definition) is 4. The molecule has 1 aromatic heterocycles. The molecule has 0 saturated carbocycles. The normalized spacial score (nSPS) is 33.5. The molecule has 0 unspecified atom stereocenters. The number of anilines is 1. The van der Waals surface area contributed by atoms with Gasteiger partial charge in [-0.15, -0.1) is 0 Å². The maximum Gasteiger partial charge on any atom is 0.349 e. The second-order valence-corrected chi connectivity index (χ2v) is 4.92. The summed E-state index contributed by atoms with van der Waals surface area (Å²) in [5.74, 6) is 0.0223. The lowest BCUT2D eigenvalue weighted by atomic mass is 9.89. The van der Waals surface area contributed by atoms with Crippen molar-refractivity contribution in [2.75, 3.05) is 25.5 Å². The minimum atomic E-state index is -2.25. The lowest BCUT2D eigenvalue weighted by molar-refractivity contribution is -0.0920. The van der Waals surface area contributed by atoms with Crippen molar-refractivity contribution in [3.05, 3.63) is 22.7 Å². The second kappa shape index (κ2) is 5.09. The first-order chi connectivity index (χ1) is 9.37. The van der Waals surface area contributed by atoms with Crippen molar-refractivity contribution in [1.82, 2.24) is 9.55 Å². The molecule has 9 heteroatoms.